The minimum atomic E-state index is 0.882. The second-order valence-corrected chi connectivity index (χ2v) is 2.44. The van der Waals surface area contributed by atoms with Gasteiger partial charge in [-0.1, -0.05) is 0 Å². The molecule has 0 bridgehead atoms. The van der Waals surface area contributed by atoms with E-state index < -0.39 is 0 Å². The first-order valence-corrected chi connectivity index (χ1v) is 3.47. The summed E-state index contributed by atoms with van der Waals surface area (Å²) in [5.74, 6) is 0. The van der Waals surface area contributed by atoms with Gasteiger partial charge in [0.2, 0.25) is 0 Å². The Morgan fingerprint density at radius 3 is 1.82 bits per heavy atom. The summed E-state index contributed by atoms with van der Waals surface area (Å²) >= 11 is 0. The SMILES string of the molecule is c1cc(Cc2ccoc2)co1. The van der Waals surface area contributed by atoms with Crippen molar-refractivity contribution in [1.29, 1.82) is 0 Å². The fraction of sp³-hybridized carbons (Fsp3) is 0.111. The van der Waals surface area contributed by atoms with Crippen LogP contribution in [-0.2, 0) is 6.42 Å². The Morgan fingerprint density at radius 1 is 0.909 bits per heavy atom. The molecule has 0 fully saturated rings. The molecule has 0 radical (unpaired) electrons. The molecule has 11 heavy (non-hydrogen) atoms. The second kappa shape index (κ2) is 2.66. The smallest absolute Gasteiger partial charge is 0.0937 e. The molecule has 0 unspecified atom stereocenters. The lowest BCUT2D eigenvalue weighted by atomic mass is 10.1. The Kier molecular flexibility index (Phi) is 1.52. The normalized spacial score (nSPS) is 10.2. The summed E-state index contributed by atoms with van der Waals surface area (Å²) in [6, 6.07) is 3.90. The van der Waals surface area contributed by atoms with Crippen molar-refractivity contribution >= 4 is 0 Å². The average Bonchev–Trinajstić information content (AvgIpc) is 2.60. The molecule has 56 valence electrons. The van der Waals surface area contributed by atoms with Crippen LogP contribution in [0.15, 0.2) is 46.0 Å². The lowest BCUT2D eigenvalue weighted by molar-refractivity contribution is 0.561. The Hall–Kier alpha value is -1.44. The Bertz CT molecular complexity index is 260. The summed E-state index contributed by atoms with van der Waals surface area (Å²) in [5, 5.41) is 0. The van der Waals surface area contributed by atoms with Gasteiger partial charge >= 0.3 is 0 Å². The highest BCUT2D eigenvalue weighted by Gasteiger charge is 1.97. The van der Waals surface area contributed by atoms with E-state index in [4.69, 9.17) is 8.83 Å². The Morgan fingerprint density at radius 2 is 1.45 bits per heavy atom. The van der Waals surface area contributed by atoms with Gasteiger partial charge in [0, 0.05) is 6.42 Å². The van der Waals surface area contributed by atoms with Crippen molar-refractivity contribution in [3.05, 3.63) is 48.3 Å². The first-order chi connectivity index (χ1) is 5.45. The molecule has 2 rings (SSSR count). The van der Waals surface area contributed by atoms with E-state index in [9.17, 15) is 0 Å². The molecule has 2 heterocycles. The number of rotatable bonds is 2. The molecule has 0 aliphatic heterocycles. The fourth-order valence-electron chi connectivity index (χ4n) is 1.02. The predicted octanol–water partition coefficient (Wildman–Crippen LogP) is 2.46. The molecule has 2 nitrogen and oxygen atoms in total. The van der Waals surface area contributed by atoms with Crippen LogP contribution in [0.5, 0.6) is 0 Å². The summed E-state index contributed by atoms with van der Waals surface area (Å²) in [4.78, 5) is 0. The molecule has 0 amide bonds. The average molecular weight is 148 g/mol. The van der Waals surface area contributed by atoms with Gasteiger partial charge in [0.05, 0.1) is 25.1 Å². The van der Waals surface area contributed by atoms with E-state index in [1.807, 2.05) is 12.1 Å². The highest BCUT2D eigenvalue weighted by atomic mass is 16.3. The summed E-state index contributed by atoms with van der Waals surface area (Å²) in [6.45, 7) is 0. The zero-order chi connectivity index (χ0) is 7.52. The maximum absolute atomic E-state index is 4.93. The Balaban J connectivity index is 2.14. The van der Waals surface area contributed by atoms with Crippen LogP contribution in [0.4, 0.5) is 0 Å². The first-order valence-electron chi connectivity index (χ1n) is 3.47. The molecular formula is C9H8O2. The largest absolute Gasteiger partial charge is 0.472 e. The molecule has 0 atom stereocenters. The van der Waals surface area contributed by atoms with Crippen molar-refractivity contribution in [3.63, 3.8) is 0 Å². The lowest BCUT2D eigenvalue weighted by Crippen LogP contribution is -1.79. The van der Waals surface area contributed by atoms with Gasteiger partial charge in [-0.3, -0.25) is 0 Å². The van der Waals surface area contributed by atoms with Gasteiger partial charge in [-0.05, 0) is 23.3 Å². The topological polar surface area (TPSA) is 26.3 Å². The molecule has 2 heteroatoms. The minimum Gasteiger partial charge on any atom is -0.472 e. The van der Waals surface area contributed by atoms with Crippen LogP contribution < -0.4 is 0 Å². The van der Waals surface area contributed by atoms with Crippen molar-refractivity contribution in [2.45, 2.75) is 6.42 Å². The van der Waals surface area contributed by atoms with Crippen LogP contribution in [0.25, 0.3) is 0 Å². The summed E-state index contributed by atoms with van der Waals surface area (Å²) in [5.41, 5.74) is 2.35. The van der Waals surface area contributed by atoms with Crippen LogP contribution in [0.2, 0.25) is 0 Å². The standard InChI is InChI=1S/C9H8O2/c1-3-10-6-8(1)5-9-2-4-11-7-9/h1-4,6-7H,5H2. The van der Waals surface area contributed by atoms with E-state index in [2.05, 4.69) is 0 Å². The van der Waals surface area contributed by atoms with Crippen molar-refractivity contribution in [2.75, 3.05) is 0 Å². The van der Waals surface area contributed by atoms with Crippen LogP contribution in [0.3, 0.4) is 0 Å². The summed E-state index contributed by atoms with van der Waals surface area (Å²) < 4.78 is 9.87. The first kappa shape index (κ1) is 6.28. The van der Waals surface area contributed by atoms with Gasteiger partial charge in [0.15, 0.2) is 0 Å². The molecule has 0 saturated heterocycles. The van der Waals surface area contributed by atoms with E-state index in [-0.39, 0.29) is 0 Å². The highest BCUT2D eigenvalue weighted by Crippen LogP contribution is 2.09. The highest BCUT2D eigenvalue weighted by molar-refractivity contribution is 5.18. The van der Waals surface area contributed by atoms with Crippen LogP contribution in [0, 0.1) is 0 Å². The number of furan rings is 2. The molecule has 0 saturated carbocycles. The van der Waals surface area contributed by atoms with Gasteiger partial charge < -0.3 is 8.83 Å². The van der Waals surface area contributed by atoms with Crippen molar-refractivity contribution in [2.24, 2.45) is 0 Å². The number of hydrogen-bond acceptors (Lipinski definition) is 2. The monoisotopic (exact) mass is 148 g/mol. The quantitative estimate of drug-likeness (QED) is 0.653. The minimum absolute atomic E-state index is 0.882. The molecule has 0 aliphatic rings. The van der Waals surface area contributed by atoms with Crippen LogP contribution in [-0.4, -0.2) is 0 Å². The van der Waals surface area contributed by atoms with E-state index in [1.165, 1.54) is 11.1 Å². The molecular weight excluding hydrogens is 140 g/mol. The third-order valence-electron chi connectivity index (χ3n) is 1.57. The number of hydrogen-bond donors (Lipinski definition) is 0. The van der Waals surface area contributed by atoms with Gasteiger partial charge in [0.25, 0.3) is 0 Å². The van der Waals surface area contributed by atoms with Crippen molar-refractivity contribution in [1.82, 2.24) is 0 Å². The zero-order valence-electron chi connectivity index (χ0n) is 5.99. The van der Waals surface area contributed by atoms with Crippen molar-refractivity contribution < 1.29 is 8.83 Å². The third-order valence-corrected chi connectivity index (χ3v) is 1.57. The molecule has 0 spiro atoms. The van der Waals surface area contributed by atoms with E-state index >= 15 is 0 Å². The summed E-state index contributed by atoms with van der Waals surface area (Å²) in [7, 11) is 0. The molecule has 0 N–H and O–H groups in total. The molecule has 2 aromatic heterocycles. The fourth-order valence-corrected chi connectivity index (χ4v) is 1.02. The second-order valence-electron chi connectivity index (χ2n) is 2.44. The van der Waals surface area contributed by atoms with Crippen LogP contribution in [0.1, 0.15) is 11.1 Å². The van der Waals surface area contributed by atoms with Crippen LogP contribution >= 0.6 is 0 Å². The molecule has 0 aliphatic carbocycles. The van der Waals surface area contributed by atoms with Gasteiger partial charge in [-0.15, -0.1) is 0 Å². The van der Waals surface area contributed by atoms with E-state index in [0.717, 1.165) is 6.42 Å². The third kappa shape index (κ3) is 1.34. The maximum Gasteiger partial charge on any atom is 0.0937 e. The lowest BCUT2D eigenvalue weighted by Gasteiger charge is -1.88. The molecule has 0 aromatic carbocycles. The van der Waals surface area contributed by atoms with Gasteiger partial charge in [-0.2, -0.15) is 0 Å². The van der Waals surface area contributed by atoms with Crippen molar-refractivity contribution in [3.8, 4) is 0 Å². The predicted molar refractivity (Wildman–Crippen MR) is 40.2 cm³/mol. The van der Waals surface area contributed by atoms with Gasteiger partial charge in [0.1, 0.15) is 0 Å². The van der Waals surface area contributed by atoms with E-state index in [1.54, 1.807) is 25.1 Å². The van der Waals surface area contributed by atoms with E-state index in [0.29, 0.717) is 0 Å². The Labute approximate surface area is 64.4 Å². The van der Waals surface area contributed by atoms with Gasteiger partial charge in [-0.25, -0.2) is 0 Å². The molecule has 2 aromatic rings. The maximum atomic E-state index is 4.93. The summed E-state index contributed by atoms with van der Waals surface area (Å²) in [6.07, 6.45) is 7.72. The zero-order valence-corrected chi connectivity index (χ0v) is 5.99.